The summed E-state index contributed by atoms with van der Waals surface area (Å²) in [5, 5.41) is 3.13. The second kappa shape index (κ2) is 4.32. The zero-order valence-corrected chi connectivity index (χ0v) is 9.44. The van der Waals surface area contributed by atoms with E-state index in [-0.39, 0.29) is 23.9 Å². The third-order valence-electron chi connectivity index (χ3n) is 2.71. The standard InChI is InChI=1S/C9H12N2O4S/c12-6-9-10-8(11-15-9)5-7-3-1-2-4-16(7,13)14/h6-7H,1-5H2. The van der Waals surface area contributed by atoms with Crippen LogP contribution in [0.5, 0.6) is 0 Å². The largest absolute Gasteiger partial charge is 0.331 e. The third kappa shape index (κ3) is 2.29. The van der Waals surface area contributed by atoms with E-state index in [1.165, 1.54) is 0 Å². The minimum atomic E-state index is -3.03. The average Bonchev–Trinajstić information content (AvgIpc) is 2.69. The minimum absolute atomic E-state index is 0.108. The lowest BCUT2D eigenvalue weighted by atomic mass is 10.1. The van der Waals surface area contributed by atoms with Gasteiger partial charge in [0.2, 0.25) is 6.29 Å². The number of aromatic nitrogens is 2. The number of hydrogen-bond donors (Lipinski definition) is 0. The van der Waals surface area contributed by atoms with Gasteiger partial charge in [-0.2, -0.15) is 4.98 Å². The van der Waals surface area contributed by atoms with Crippen molar-refractivity contribution >= 4 is 16.1 Å². The van der Waals surface area contributed by atoms with Crippen LogP contribution in [0.15, 0.2) is 4.52 Å². The second-order valence-electron chi connectivity index (χ2n) is 3.86. The Morgan fingerprint density at radius 2 is 2.25 bits per heavy atom. The molecule has 1 unspecified atom stereocenters. The molecular formula is C9H12N2O4S. The smallest absolute Gasteiger partial charge is 0.290 e. The molecule has 0 radical (unpaired) electrons. The van der Waals surface area contributed by atoms with Crippen molar-refractivity contribution in [3.63, 3.8) is 0 Å². The molecule has 0 N–H and O–H groups in total. The first-order chi connectivity index (χ1) is 7.62. The van der Waals surface area contributed by atoms with Gasteiger partial charge < -0.3 is 4.52 Å². The van der Waals surface area contributed by atoms with Crippen molar-refractivity contribution in [3.05, 3.63) is 11.7 Å². The second-order valence-corrected chi connectivity index (χ2v) is 6.26. The Kier molecular flexibility index (Phi) is 3.04. The molecule has 0 aromatic carbocycles. The molecule has 1 aromatic heterocycles. The Bertz CT molecular complexity index is 479. The molecule has 0 saturated carbocycles. The maximum absolute atomic E-state index is 11.7. The molecule has 1 aliphatic heterocycles. The van der Waals surface area contributed by atoms with Crippen molar-refractivity contribution in [1.29, 1.82) is 0 Å². The van der Waals surface area contributed by atoms with Crippen LogP contribution in [-0.2, 0) is 16.3 Å². The van der Waals surface area contributed by atoms with Crippen molar-refractivity contribution in [1.82, 2.24) is 10.1 Å². The van der Waals surface area contributed by atoms with E-state index in [0.717, 1.165) is 12.8 Å². The van der Waals surface area contributed by atoms with Gasteiger partial charge in [-0.25, -0.2) is 8.42 Å². The first-order valence-corrected chi connectivity index (χ1v) is 6.83. The van der Waals surface area contributed by atoms with Crippen LogP contribution in [0, 0.1) is 0 Å². The number of sulfone groups is 1. The lowest BCUT2D eigenvalue weighted by Crippen LogP contribution is -2.30. The first kappa shape index (κ1) is 11.3. The molecule has 2 heterocycles. The number of aldehydes is 1. The predicted molar refractivity (Wildman–Crippen MR) is 54.8 cm³/mol. The summed E-state index contributed by atoms with van der Waals surface area (Å²) in [5.41, 5.74) is 0. The highest BCUT2D eigenvalue weighted by Gasteiger charge is 2.30. The van der Waals surface area contributed by atoms with Crippen LogP contribution in [0.1, 0.15) is 35.8 Å². The molecular weight excluding hydrogens is 232 g/mol. The fourth-order valence-corrected chi connectivity index (χ4v) is 3.72. The van der Waals surface area contributed by atoms with Gasteiger partial charge in [0.15, 0.2) is 15.7 Å². The first-order valence-electron chi connectivity index (χ1n) is 5.11. The van der Waals surface area contributed by atoms with E-state index in [9.17, 15) is 13.2 Å². The van der Waals surface area contributed by atoms with Gasteiger partial charge in [0.1, 0.15) is 0 Å². The van der Waals surface area contributed by atoms with Crippen LogP contribution < -0.4 is 0 Å². The number of carbonyl (C=O) groups excluding carboxylic acids is 1. The molecule has 2 rings (SSSR count). The highest BCUT2D eigenvalue weighted by Crippen LogP contribution is 2.21. The number of nitrogens with zero attached hydrogens (tertiary/aromatic N) is 2. The summed E-state index contributed by atoms with van der Waals surface area (Å²) >= 11 is 0. The van der Waals surface area contributed by atoms with Crippen LogP contribution in [-0.4, -0.2) is 35.8 Å². The molecule has 7 heteroatoms. The van der Waals surface area contributed by atoms with E-state index in [1.54, 1.807) is 0 Å². The Balaban J connectivity index is 2.11. The van der Waals surface area contributed by atoms with Crippen LogP contribution in [0.4, 0.5) is 0 Å². The quantitative estimate of drug-likeness (QED) is 0.714. The summed E-state index contributed by atoms with van der Waals surface area (Å²) < 4.78 is 28.0. The highest BCUT2D eigenvalue weighted by atomic mass is 32.2. The summed E-state index contributed by atoms with van der Waals surface area (Å²) in [6.07, 6.45) is 2.95. The Morgan fingerprint density at radius 3 is 2.88 bits per heavy atom. The fourth-order valence-electron chi connectivity index (χ4n) is 1.85. The molecule has 1 aliphatic rings. The Labute approximate surface area is 93.0 Å². The minimum Gasteiger partial charge on any atom is -0.331 e. The summed E-state index contributed by atoms with van der Waals surface area (Å²) in [7, 11) is -3.03. The van der Waals surface area contributed by atoms with Crippen LogP contribution in [0.25, 0.3) is 0 Å². The van der Waals surface area contributed by atoms with Gasteiger partial charge in [-0.3, -0.25) is 4.79 Å². The Hall–Kier alpha value is -1.24. The van der Waals surface area contributed by atoms with E-state index in [4.69, 9.17) is 0 Å². The van der Waals surface area contributed by atoms with Gasteiger partial charge in [0.05, 0.1) is 11.0 Å². The summed E-state index contributed by atoms with van der Waals surface area (Å²) in [6.45, 7) is 0. The van der Waals surface area contributed by atoms with Crippen molar-refractivity contribution in [2.75, 3.05) is 5.75 Å². The maximum Gasteiger partial charge on any atom is 0.290 e. The van der Waals surface area contributed by atoms with Gasteiger partial charge in [-0.05, 0) is 12.8 Å². The average molecular weight is 244 g/mol. The van der Waals surface area contributed by atoms with Crippen LogP contribution >= 0.6 is 0 Å². The molecule has 88 valence electrons. The topological polar surface area (TPSA) is 90.1 Å². The lowest BCUT2D eigenvalue weighted by molar-refractivity contribution is 0.108. The molecule has 0 amide bonds. The van der Waals surface area contributed by atoms with E-state index in [1.807, 2.05) is 0 Å². The summed E-state index contributed by atoms with van der Waals surface area (Å²) in [4.78, 5) is 14.1. The zero-order chi connectivity index (χ0) is 11.6. The van der Waals surface area contributed by atoms with Gasteiger partial charge in [-0.15, -0.1) is 0 Å². The molecule has 1 atom stereocenters. The van der Waals surface area contributed by atoms with E-state index in [0.29, 0.717) is 12.7 Å². The third-order valence-corrected chi connectivity index (χ3v) is 4.98. The number of hydrogen-bond acceptors (Lipinski definition) is 6. The monoisotopic (exact) mass is 244 g/mol. The number of rotatable bonds is 3. The summed E-state index contributed by atoms with van der Waals surface area (Å²) in [5.74, 6) is 0.413. The van der Waals surface area contributed by atoms with E-state index >= 15 is 0 Å². The maximum atomic E-state index is 11.7. The van der Waals surface area contributed by atoms with Crippen LogP contribution in [0.3, 0.4) is 0 Å². The van der Waals surface area contributed by atoms with E-state index < -0.39 is 15.1 Å². The molecule has 16 heavy (non-hydrogen) atoms. The van der Waals surface area contributed by atoms with Gasteiger partial charge in [0.25, 0.3) is 5.89 Å². The normalized spacial score (nSPS) is 24.1. The molecule has 0 aliphatic carbocycles. The molecule has 6 nitrogen and oxygen atoms in total. The molecule has 0 bridgehead atoms. The fraction of sp³-hybridized carbons (Fsp3) is 0.667. The van der Waals surface area contributed by atoms with Crippen molar-refractivity contribution in [3.8, 4) is 0 Å². The highest BCUT2D eigenvalue weighted by molar-refractivity contribution is 7.92. The van der Waals surface area contributed by atoms with Crippen LogP contribution in [0.2, 0.25) is 0 Å². The van der Waals surface area contributed by atoms with E-state index in [2.05, 4.69) is 14.7 Å². The Morgan fingerprint density at radius 1 is 1.44 bits per heavy atom. The lowest BCUT2D eigenvalue weighted by Gasteiger charge is -2.20. The van der Waals surface area contributed by atoms with Crippen molar-refractivity contribution in [2.24, 2.45) is 0 Å². The number of carbonyl (C=O) groups is 1. The molecule has 0 spiro atoms. The van der Waals surface area contributed by atoms with Gasteiger partial charge >= 0.3 is 0 Å². The van der Waals surface area contributed by atoms with Gasteiger partial charge in [0, 0.05) is 6.42 Å². The van der Waals surface area contributed by atoms with Crippen molar-refractivity contribution in [2.45, 2.75) is 30.9 Å². The molecule has 1 saturated heterocycles. The summed E-state index contributed by atoms with van der Waals surface area (Å²) in [6, 6.07) is 0. The van der Waals surface area contributed by atoms with Crippen molar-refractivity contribution < 1.29 is 17.7 Å². The zero-order valence-electron chi connectivity index (χ0n) is 8.63. The molecule has 1 aromatic rings. The predicted octanol–water partition coefficient (Wildman–Crippen LogP) is 0.392. The molecule has 1 fully saturated rings. The van der Waals surface area contributed by atoms with Gasteiger partial charge in [-0.1, -0.05) is 11.6 Å². The SMILES string of the molecule is O=Cc1nc(CC2CCCCS2(=O)=O)no1.